The lowest BCUT2D eigenvalue weighted by molar-refractivity contribution is -0.119. The van der Waals surface area contributed by atoms with E-state index >= 15 is 0 Å². The summed E-state index contributed by atoms with van der Waals surface area (Å²) in [4.78, 5) is 11.3. The van der Waals surface area contributed by atoms with Crippen molar-refractivity contribution in [2.24, 2.45) is 5.73 Å². The highest BCUT2D eigenvalue weighted by Gasteiger charge is 2.16. The van der Waals surface area contributed by atoms with E-state index in [9.17, 15) is 13.2 Å². The Bertz CT molecular complexity index is 307. The standard InChI is InChI=1S/C10H22N2O3S.ClH/c1-3-4-5-6-16(14,15)8-10(13)12-9(2)7-11;/h9H,3-8,11H2,1-2H3,(H,12,13);1H/t9-;/m0./s1. The molecular weight excluding hydrogens is 264 g/mol. The fourth-order valence-corrected chi connectivity index (χ4v) is 2.49. The van der Waals surface area contributed by atoms with Crippen molar-refractivity contribution < 1.29 is 13.2 Å². The molecule has 0 fully saturated rings. The summed E-state index contributed by atoms with van der Waals surface area (Å²) in [6.07, 6.45) is 2.46. The van der Waals surface area contributed by atoms with Gasteiger partial charge in [0.2, 0.25) is 5.91 Å². The molecule has 0 saturated heterocycles. The number of nitrogens with one attached hydrogen (secondary N) is 1. The van der Waals surface area contributed by atoms with Gasteiger partial charge in [0.25, 0.3) is 0 Å². The van der Waals surface area contributed by atoms with Crippen molar-refractivity contribution in [2.75, 3.05) is 18.1 Å². The lowest BCUT2D eigenvalue weighted by Gasteiger charge is -2.11. The lowest BCUT2D eigenvalue weighted by Crippen LogP contribution is -2.41. The van der Waals surface area contributed by atoms with Crippen LogP contribution in [0.5, 0.6) is 0 Å². The Morgan fingerprint density at radius 1 is 1.35 bits per heavy atom. The predicted octanol–water partition coefficient (Wildman–Crippen LogP) is 0.477. The van der Waals surface area contributed by atoms with Gasteiger partial charge in [-0.25, -0.2) is 8.42 Å². The van der Waals surface area contributed by atoms with Crippen molar-refractivity contribution in [3.8, 4) is 0 Å². The smallest absolute Gasteiger partial charge is 0.235 e. The molecule has 0 unspecified atom stereocenters. The third kappa shape index (κ3) is 10.5. The highest BCUT2D eigenvalue weighted by Crippen LogP contribution is 2.00. The van der Waals surface area contributed by atoms with E-state index in [1.54, 1.807) is 6.92 Å². The molecule has 7 heteroatoms. The Balaban J connectivity index is 0. The van der Waals surface area contributed by atoms with E-state index in [4.69, 9.17) is 5.73 Å². The zero-order chi connectivity index (χ0) is 12.6. The molecule has 0 aliphatic heterocycles. The molecule has 0 bridgehead atoms. The third-order valence-corrected chi connectivity index (χ3v) is 3.78. The maximum Gasteiger partial charge on any atom is 0.235 e. The summed E-state index contributed by atoms with van der Waals surface area (Å²) in [6, 6.07) is -0.182. The average Bonchev–Trinajstić information content (AvgIpc) is 2.16. The molecule has 0 spiro atoms. The van der Waals surface area contributed by atoms with Crippen LogP contribution in [0.1, 0.15) is 33.1 Å². The van der Waals surface area contributed by atoms with Gasteiger partial charge in [-0.3, -0.25) is 4.79 Å². The van der Waals surface area contributed by atoms with E-state index in [2.05, 4.69) is 5.32 Å². The number of carbonyl (C=O) groups is 1. The number of sulfone groups is 1. The average molecular weight is 287 g/mol. The minimum atomic E-state index is -3.26. The minimum Gasteiger partial charge on any atom is -0.351 e. The normalized spacial score (nSPS) is 12.6. The summed E-state index contributed by atoms with van der Waals surface area (Å²) in [5, 5.41) is 2.53. The first kappa shape index (κ1) is 19.0. The number of carbonyl (C=O) groups excluding carboxylic acids is 1. The molecule has 0 aromatic heterocycles. The van der Waals surface area contributed by atoms with Gasteiger partial charge in [-0.2, -0.15) is 0 Å². The van der Waals surface area contributed by atoms with E-state index < -0.39 is 21.5 Å². The topological polar surface area (TPSA) is 89.3 Å². The number of halogens is 1. The van der Waals surface area contributed by atoms with Crippen LogP contribution in [0, 0.1) is 0 Å². The van der Waals surface area contributed by atoms with Crippen LogP contribution in [0.2, 0.25) is 0 Å². The number of unbranched alkanes of at least 4 members (excludes halogenated alkanes) is 2. The fourth-order valence-electron chi connectivity index (χ4n) is 1.22. The van der Waals surface area contributed by atoms with Crippen molar-refractivity contribution >= 4 is 28.2 Å². The molecule has 3 N–H and O–H groups in total. The molecule has 17 heavy (non-hydrogen) atoms. The molecule has 0 aliphatic carbocycles. The van der Waals surface area contributed by atoms with Gasteiger partial charge in [0, 0.05) is 12.6 Å². The van der Waals surface area contributed by atoms with Crippen molar-refractivity contribution in [1.82, 2.24) is 5.32 Å². The number of nitrogens with two attached hydrogens (primary N) is 1. The predicted molar refractivity (Wildman–Crippen MR) is 72.1 cm³/mol. The molecule has 1 atom stereocenters. The Morgan fingerprint density at radius 3 is 2.41 bits per heavy atom. The van der Waals surface area contributed by atoms with Gasteiger partial charge < -0.3 is 11.1 Å². The van der Waals surface area contributed by atoms with Crippen LogP contribution >= 0.6 is 12.4 Å². The van der Waals surface area contributed by atoms with Crippen LogP contribution in [0.3, 0.4) is 0 Å². The number of rotatable bonds is 8. The number of hydrogen-bond donors (Lipinski definition) is 2. The molecule has 0 rings (SSSR count). The van der Waals surface area contributed by atoms with Gasteiger partial charge in [0.05, 0.1) is 5.75 Å². The second kappa shape index (κ2) is 9.67. The second-order valence-corrected chi connectivity index (χ2v) is 6.19. The van der Waals surface area contributed by atoms with Crippen molar-refractivity contribution in [2.45, 2.75) is 39.2 Å². The minimum absolute atomic E-state index is 0. The van der Waals surface area contributed by atoms with Crippen LogP contribution in [0.4, 0.5) is 0 Å². The molecule has 0 aromatic rings. The van der Waals surface area contributed by atoms with E-state index in [0.29, 0.717) is 13.0 Å². The number of amides is 1. The zero-order valence-corrected chi connectivity index (χ0v) is 12.1. The number of hydrogen-bond acceptors (Lipinski definition) is 4. The van der Waals surface area contributed by atoms with Crippen molar-refractivity contribution in [1.29, 1.82) is 0 Å². The van der Waals surface area contributed by atoms with Gasteiger partial charge in [-0.15, -0.1) is 12.4 Å². The Labute approximate surface area is 110 Å². The monoisotopic (exact) mass is 286 g/mol. The highest BCUT2D eigenvalue weighted by atomic mass is 35.5. The molecule has 0 aromatic carbocycles. The summed E-state index contributed by atoms with van der Waals surface area (Å²) in [7, 11) is -3.26. The van der Waals surface area contributed by atoms with Crippen molar-refractivity contribution in [3.63, 3.8) is 0 Å². The molecule has 5 nitrogen and oxygen atoms in total. The van der Waals surface area contributed by atoms with Gasteiger partial charge in [-0.1, -0.05) is 19.8 Å². The summed E-state index contributed by atoms with van der Waals surface area (Å²) < 4.78 is 23.0. The first-order chi connectivity index (χ1) is 7.41. The Kier molecular flexibility index (Phi) is 10.8. The van der Waals surface area contributed by atoms with Gasteiger partial charge in [-0.05, 0) is 13.3 Å². The quantitative estimate of drug-likeness (QED) is 0.635. The van der Waals surface area contributed by atoms with Crippen LogP contribution in [0.25, 0.3) is 0 Å². The van der Waals surface area contributed by atoms with E-state index in [1.807, 2.05) is 6.92 Å². The van der Waals surface area contributed by atoms with Crippen LogP contribution in [0.15, 0.2) is 0 Å². The van der Waals surface area contributed by atoms with Crippen molar-refractivity contribution in [3.05, 3.63) is 0 Å². The lowest BCUT2D eigenvalue weighted by atomic mass is 10.3. The van der Waals surface area contributed by atoms with Gasteiger partial charge in [0.1, 0.15) is 5.75 Å². The van der Waals surface area contributed by atoms with E-state index in [1.165, 1.54) is 0 Å². The maximum absolute atomic E-state index is 11.5. The Morgan fingerprint density at radius 2 is 1.94 bits per heavy atom. The Hall–Kier alpha value is -0.330. The first-order valence-corrected chi connectivity index (χ1v) is 7.43. The van der Waals surface area contributed by atoms with E-state index in [0.717, 1.165) is 12.8 Å². The fraction of sp³-hybridized carbons (Fsp3) is 0.900. The molecule has 0 heterocycles. The van der Waals surface area contributed by atoms with Crippen LogP contribution in [-0.2, 0) is 14.6 Å². The SMILES string of the molecule is CCCCCS(=O)(=O)CC(=O)N[C@@H](C)CN.Cl. The summed E-state index contributed by atoms with van der Waals surface area (Å²) in [5.41, 5.74) is 5.32. The summed E-state index contributed by atoms with van der Waals surface area (Å²) in [5.74, 6) is -0.804. The highest BCUT2D eigenvalue weighted by molar-refractivity contribution is 7.92. The first-order valence-electron chi connectivity index (χ1n) is 5.61. The largest absolute Gasteiger partial charge is 0.351 e. The van der Waals surface area contributed by atoms with Crippen LogP contribution in [-0.4, -0.2) is 38.4 Å². The van der Waals surface area contributed by atoms with E-state index in [-0.39, 0.29) is 24.2 Å². The molecule has 0 aliphatic rings. The summed E-state index contributed by atoms with van der Waals surface area (Å²) in [6.45, 7) is 4.05. The molecule has 0 radical (unpaired) electrons. The molecule has 104 valence electrons. The molecule has 0 saturated carbocycles. The van der Waals surface area contributed by atoms with Gasteiger partial charge >= 0.3 is 0 Å². The third-order valence-electron chi connectivity index (χ3n) is 2.17. The second-order valence-electron chi connectivity index (χ2n) is 4.00. The van der Waals surface area contributed by atoms with Gasteiger partial charge in [0.15, 0.2) is 9.84 Å². The zero-order valence-electron chi connectivity index (χ0n) is 10.4. The maximum atomic E-state index is 11.5. The van der Waals surface area contributed by atoms with Crippen LogP contribution < -0.4 is 11.1 Å². The summed E-state index contributed by atoms with van der Waals surface area (Å²) >= 11 is 0. The molecular formula is C10H23ClN2O3S. The molecule has 1 amide bonds.